The Hall–Kier alpha value is -2.08. The molecule has 1 saturated carbocycles. The van der Waals surface area contributed by atoms with E-state index in [0.29, 0.717) is 29.1 Å². The van der Waals surface area contributed by atoms with Crippen LogP contribution in [0.3, 0.4) is 0 Å². The van der Waals surface area contributed by atoms with Crippen LogP contribution in [-0.2, 0) is 0 Å². The third-order valence-electron chi connectivity index (χ3n) is 5.59. The molecule has 1 aromatic rings. The standard InChI is InChI=1S/C19H26N4O2/c24-18(23-8-6-14-11-20-12-15(14)7-9-23)13-2-1-3-17(10-13)22-19(25)21-16-4-5-16/h1-3,10,14-16,20H,4-9,11-12H2,(H2,21,22,25)/t14-,15+. The fourth-order valence-electron chi connectivity index (χ4n) is 3.91. The molecule has 2 atom stereocenters. The molecular formula is C19H26N4O2. The molecule has 1 aromatic carbocycles. The van der Waals surface area contributed by atoms with Crippen molar-refractivity contribution in [3.63, 3.8) is 0 Å². The van der Waals surface area contributed by atoms with Gasteiger partial charge in [-0.05, 0) is 68.8 Å². The Kier molecular flexibility index (Phi) is 4.61. The summed E-state index contributed by atoms with van der Waals surface area (Å²) in [5.74, 6) is 1.48. The van der Waals surface area contributed by atoms with Crippen LogP contribution in [-0.4, -0.2) is 49.1 Å². The van der Waals surface area contributed by atoms with Gasteiger partial charge in [0.2, 0.25) is 0 Å². The number of likely N-dealkylation sites (tertiary alicyclic amines) is 1. The fourth-order valence-corrected chi connectivity index (χ4v) is 3.91. The Labute approximate surface area is 148 Å². The predicted molar refractivity (Wildman–Crippen MR) is 96.6 cm³/mol. The normalized spacial score (nSPS) is 25.8. The Morgan fingerprint density at radius 1 is 1.04 bits per heavy atom. The molecule has 3 amide bonds. The number of anilines is 1. The first-order chi connectivity index (χ1) is 12.2. The molecular weight excluding hydrogens is 316 g/mol. The third-order valence-corrected chi connectivity index (χ3v) is 5.59. The largest absolute Gasteiger partial charge is 0.339 e. The van der Waals surface area contributed by atoms with Crippen LogP contribution in [0.15, 0.2) is 24.3 Å². The van der Waals surface area contributed by atoms with Crippen molar-refractivity contribution in [2.75, 3.05) is 31.5 Å². The molecule has 3 aliphatic rings. The first-order valence-corrected chi connectivity index (χ1v) is 9.36. The maximum atomic E-state index is 12.9. The fraction of sp³-hybridized carbons (Fsp3) is 0.579. The van der Waals surface area contributed by atoms with Gasteiger partial charge in [0.25, 0.3) is 5.91 Å². The highest BCUT2D eigenvalue weighted by Crippen LogP contribution is 2.28. The van der Waals surface area contributed by atoms with Crippen molar-refractivity contribution < 1.29 is 9.59 Å². The lowest BCUT2D eigenvalue weighted by Crippen LogP contribution is -2.33. The zero-order valence-corrected chi connectivity index (χ0v) is 14.5. The van der Waals surface area contributed by atoms with Gasteiger partial charge in [-0.3, -0.25) is 4.79 Å². The predicted octanol–water partition coefficient (Wildman–Crippen LogP) is 2.04. The van der Waals surface area contributed by atoms with Crippen LogP contribution in [0, 0.1) is 11.8 Å². The number of benzene rings is 1. The topological polar surface area (TPSA) is 73.5 Å². The van der Waals surface area contributed by atoms with Gasteiger partial charge in [0.1, 0.15) is 0 Å². The molecule has 6 nitrogen and oxygen atoms in total. The first-order valence-electron chi connectivity index (χ1n) is 9.36. The van der Waals surface area contributed by atoms with E-state index < -0.39 is 0 Å². The minimum Gasteiger partial charge on any atom is -0.339 e. The second-order valence-electron chi connectivity index (χ2n) is 7.50. The van der Waals surface area contributed by atoms with Gasteiger partial charge >= 0.3 is 6.03 Å². The van der Waals surface area contributed by atoms with Gasteiger partial charge in [-0.2, -0.15) is 0 Å². The van der Waals surface area contributed by atoms with E-state index in [9.17, 15) is 9.59 Å². The number of hydrogen-bond acceptors (Lipinski definition) is 3. The number of fused-ring (bicyclic) bond motifs is 1. The van der Waals surface area contributed by atoms with E-state index >= 15 is 0 Å². The maximum absolute atomic E-state index is 12.9. The molecule has 0 radical (unpaired) electrons. The van der Waals surface area contributed by atoms with Crippen molar-refractivity contribution >= 4 is 17.6 Å². The molecule has 2 aliphatic heterocycles. The SMILES string of the molecule is O=C(Nc1cccc(C(=O)N2CC[C@@H]3CNC[C@@H]3CC2)c1)NC1CC1. The summed E-state index contributed by atoms with van der Waals surface area (Å²) in [4.78, 5) is 26.7. The Morgan fingerprint density at radius 2 is 1.76 bits per heavy atom. The average molecular weight is 342 g/mol. The molecule has 0 unspecified atom stereocenters. The summed E-state index contributed by atoms with van der Waals surface area (Å²) in [6, 6.07) is 7.39. The number of urea groups is 1. The highest BCUT2D eigenvalue weighted by atomic mass is 16.2. The van der Waals surface area contributed by atoms with Crippen molar-refractivity contribution in [2.45, 2.75) is 31.7 Å². The molecule has 3 N–H and O–H groups in total. The monoisotopic (exact) mass is 342 g/mol. The third kappa shape index (κ3) is 3.95. The molecule has 6 heteroatoms. The Bertz CT molecular complexity index is 645. The quantitative estimate of drug-likeness (QED) is 0.787. The van der Waals surface area contributed by atoms with E-state index in [-0.39, 0.29) is 11.9 Å². The number of carbonyl (C=O) groups is 2. The smallest absolute Gasteiger partial charge is 0.319 e. The van der Waals surface area contributed by atoms with Gasteiger partial charge in [-0.25, -0.2) is 4.79 Å². The van der Waals surface area contributed by atoms with E-state index in [0.717, 1.165) is 51.9 Å². The molecule has 1 aliphatic carbocycles. The second kappa shape index (κ2) is 7.04. The number of carbonyl (C=O) groups excluding carboxylic acids is 2. The number of nitrogens with one attached hydrogen (secondary N) is 3. The van der Waals surface area contributed by atoms with Crippen LogP contribution in [0.1, 0.15) is 36.0 Å². The van der Waals surface area contributed by atoms with E-state index in [2.05, 4.69) is 16.0 Å². The molecule has 0 aromatic heterocycles. The summed E-state index contributed by atoms with van der Waals surface area (Å²) in [6.07, 6.45) is 4.26. The molecule has 0 spiro atoms. The van der Waals surface area contributed by atoms with Crippen molar-refractivity contribution in [1.82, 2.24) is 15.5 Å². The van der Waals surface area contributed by atoms with Crippen molar-refractivity contribution in [2.24, 2.45) is 11.8 Å². The summed E-state index contributed by atoms with van der Waals surface area (Å²) in [5.41, 5.74) is 1.31. The summed E-state index contributed by atoms with van der Waals surface area (Å²) >= 11 is 0. The highest BCUT2D eigenvalue weighted by molar-refractivity contribution is 5.97. The zero-order valence-electron chi connectivity index (χ0n) is 14.5. The summed E-state index contributed by atoms with van der Waals surface area (Å²) < 4.78 is 0. The minimum absolute atomic E-state index is 0.0687. The molecule has 134 valence electrons. The molecule has 0 bridgehead atoms. The van der Waals surface area contributed by atoms with Crippen LogP contribution >= 0.6 is 0 Å². The van der Waals surface area contributed by atoms with E-state index in [4.69, 9.17) is 0 Å². The zero-order chi connectivity index (χ0) is 17.2. The number of hydrogen-bond donors (Lipinski definition) is 3. The van der Waals surface area contributed by atoms with Crippen molar-refractivity contribution in [1.29, 1.82) is 0 Å². The number of rotatable bonds is 3. The summed E-state index contributed by atoms with van der Waals surface area (Å²) in [6.45, 7) is 3.81. The molecule has 4 rings (SSSR count). The first kappa shape index (κ1) is 16.4. The van der Waals surface area contributed by atoms with Gasteiger partial charge in [0.05, 0.1) is 0 Å². The molecule has 25 heavy (non-hydrogen) atoms. The Balaban J connectivity index is 1.39. The minimum atomic E-state index is -0.192. The number of nitrogens with zero attached hydrogens (tertiary/aromatic N) is 1. The lowest BCUT2D eigenvalue weighted by Gasteiger charge is -2.21. The van der Waals surface area contributed by atoms with E-state index in [1.165, 1.54) is 0 Å². The molecule has 3 fully saturated rings. The van der Waals surface area contributed by atoms with Crippen LogP contribution < -0.4 is 16.0 Å². The van der Waals surface area contributed by atoms with Crippen LogP contribution in [0.5, 0.6) is 0 Å². The molecule has 2 heterocycles. The van der Waals surface area contributed by atoms with Crippen LogP contribution in [0.2, 0.25) is 0 Å². The summed E-state index contributed by atoms with van der Waals surface area (Å²) in [5, 5.41) is 9.18. The van der Waals surface area contributed by atoms with E-state index in [1.54, 1.807) is 6.07 Å². The Morgan fingerprint density at radius 3 is 2.44 bits per heavy atom. The van der Waals surface area contributed by atoms with Gasteiger partial charge in [0.15, 0.2) is 0 Å². The lowest BCUT2D eigenvalue weighted by atomic mass is 9.92. The van der Waals surface area contributed by atoms with Crippen molar-refractivity contribution in [3.8, 4) is 0 Å². The van der Waals surface area contributed by atoms with Gasteiger partial charge in [-0.15, -0.1) is 0 Å². The summed E-state index contributed by atoms with van der Waals surface area (Å²) in [7, 11) is 0. The van der Waals surface area contributed by atoms with Gasteiger partial charge in [0, 0.05) is 30.4 Å². The highest BCUT2D eigenvalue weighted by Gasteiger charge is 2.31. The maximum Gasteiger partial charge on any atom is 0.319 e. The number of amides is 3. The second-order valence-corrected chi connectivity index (χ2v) is 7.50. The lowest BCUT2D eigenvalue weighted by molar-refractivity contribution is 0.0758. The van der Waals surface area contributed by atoms with Crippen LogP contribution in [0.4, 0.5) is 10.5 Å². The van der Waals surface area contributed by atoms with Gasteiger partial charge in [-0.1, -0.05) is 6.07 Å². The average Bonchev–Trinajstić information content (AvgIpc) is 3.35. The van der Waals surface area contributed by atoms with Crippen molar-refractivity contribution in [3.05, 3.63) is 29.8 Å². The molecule has 2 saturated heterocycles. The van der Waals surface area contributed by atoms with Crippen LogP contribution in [0.25, 0.3) is 0 Å². The van der Waals surface area contributed by atoms with E-state index in [1.807, 2.05) is 23.1 Å². The van der Waals surface area contributed by atoms with Gasteiger partial charge < -0.3 is 20.9 Å².